The lowest BCUT2D eigenvalue weighted by Gasteiger charge is -2.21. The van der Waals surface area contributed by atoms with Crippen LogP contribution in [0.5, 0.6) is 11.5 Å². The molecule has 3 rings (SSSR count). The summed E-state index contributed by atoms with van der Waals surface area (Å²) in [6, 6.07) is 8.22. The summed E-state index contributed by atoms with van der Waals surface area (Å²) in [6.07, 6.45) is 1.43. The smallest absolute Gasteiger partial charge is 0.326 e. The van der Waals surface area contributed by atoms with E-state index in [1.165, 1.54) is 49.6 Å². The number of ether oxygens (including phenoxy) is 3. The number of imide groups is 1. The fraction of sp³-hybridized carbons (Fsp3) is 0.280. The number of carbonyl (C=O) groups excluding carboxylic acids is 4. The Morgan fingerprint density at radius 1 is 1.16 bits per heavy atom. The number of carbonyl (C=O) groups is 4. The first-order chi connectivity index (χ1) is 17.4. The van der Waals surface area contributed by atoms with Crippen LogP contribution in [0.3, 0.4) is 0 Å². The molecule has 0 spiro atoms. The molecular formula is C25H24ClFN2O7S. The van der Waals surface area contributed by atoms with Gasteiger partial charge < -0.3 is 19.5 Å². The Balaban J connectivity index is 1.70. The van der Waals surface area contributed by atoms with Crippen molar-refractivity contribution in [3.8, 4) is 11.5 Å². The Morgan fingerprint density at radius 2 is 1.84 bits per heavy atom. The molecule has 0 bridgehead atoms. The van der Waals surface area contributed by atoms with E-state index in [-0.39, 0.29) is 21.4 Å². The summed E-state index contributed by atoms with van der Waals surface area (Å²) < 4.78 is 29.1. The average molecular weight is 551 g/mol. The van der Waals surface area contributed by atoms with Crippen molar-refractivity contribution in [3.05, 3.63) is 57.7 Å². The van der Waals surface area contributed by atoms with E-state index in [0.717, 1.165) is 4.90 Å². The Hall–Kier alpha value is -3.57. The summed E-state index contributed by atoms with van der Waals surface area (Å²) in [7, 11) is 1.37. The highest BCUT2D eigenvalue weighted by Crippen LogP contribution is 2.39. The molecule has 196 valence electrons. The van der Waals surface area contributed by atoms with Gasteiger partial charge in [0.1, 0.15) is 18.0 Å². The molecule has 0 radical (unpaired) electrons. The fourth-order valence-corrected chi connectivity index (χ4v) is 4.23. The summed E-state index contributed by atoms with van der Waals surface area (Å²) in [6.45, 7) is 4.13. The summed E-state index contributed by atoms with van der Waals surface area (Å²) in [5.41, 5.74) is 0.0600. The molecule has 0 saturated carbocycles. The molecule has 1 N–H and O–H groups in total. The van der Waals surface area contributed by atoms with E-state index in [1.54, 1.807) is 20.8 Å². The van der Waals surface area contributed by atoms with Gasteiger partial charge in [-0.3, -0.25) is 24.1 Å². The second-order valence-electron chi connectivity index (χ2n) is 8.73. The highest BCUT2D eigenvalue weighted by molar-refractivity contribution is 8.18. The maximum absolute atomic E-state index is 13.0. The Morgan fingerprint density at radius 3 is 2.46 bits per heavy atom. The molecule has 9 nitrogen and oxygen atoms in total. The van der Waals surface area contributed by atoms with E-state index in [1.807, 2.05) is 0 Å². The second-order valence-corrected chi connectivity index (χ2v) is 10.1. The molecule has 0 aliphatic carbocycles. The van der Waals surface area contributed by atoms with Crippen molar-refractivity contribution in [3.63, 3.8) is 0 Å². The third-order valence-corrected chi connectivity index (χ3v) is 5.79. The number of methoxy groups -OCH3 is 1. The number of benzene rings is 2. The molecule has 3 amide bonds. The molecule has 1 saturated heterocycles. The van der Waals surface area contributed by atoms with Crippen molar-refractivity contribution in [1.29, 1.82) is 0 Å². The minimum atomic E-state index is -0.756. The molecule has 0 unspecified atom stereocenters. The third kappa shape index (κ3) is 7.70. The molecule has 1 aliphatic heterocycles. The van der Waals surface area contributed by atoms with Crippen LogP contribution < -0.4 is 14.8 Å². The molecule has 2 aromatic carbocycles. The maximum atomic E-state index is 13.0. The molecule has 0 atom stereocenters. The number of nitrogens with zero attached hydrogens (tertiary/aromatic N) is 1. The lowest BCUT2D eigenvalue weighted by molar-refractivity contribution is -0.156. The van der Waals surface area contributed by atoms with Crippen LogP contribution in [0.4, 0.5) is 14.9 Å². The van der Waals surface area contributed by atoms with E-state index in [2.05, 4.69) is 5.32 Å². The average Bonchev–Trinajstić information content (AvgIpc) is 3.05. The number of esters is 1. The van der Waals surface area contributed by atoms with E-state index in [4.69, 9.17) is 25.8 Å². The summed E-state index contributed by atoms with van der Waals surface area (Å²) >= 11 is 7.02. The lowest BCUT2D eigenvalue weighted by atomic mass is 10.1. The Kier molecular flexibility index (Phi) is 8.82. The lowest BCUT2D eigenvalue weighted by Crippen LogP contribution is -2.37. The number of nitrogens with one attached hydrogen (secondary N) is 1. The van der Waals surface area contributed by atoms with Gasteiger partial charge in [-0.2, -0.15) is 0 Å². The Bertz CT molecular complexity index is 1260. The first-order valence-electron chi connectivity index (χ1n) is 10.9. The van der Waals surface area contributed by atoms with Crippen LogP contribution in [0.1, 0.15) is 26.3 Å². The van der Waals surface area contributed by atoms with Gasteiger partial charge in [0.25, 0.3) is 17.1 Å². The number of halogens is 2. The summed E-state index contributed by atoms with van der Waals surface area (Å²) in [5, 5.41) is 2.05. The predicted octanol–water partition coefficient (Wildman–Crippen LogP) is 4.88. The zero-order valence-electron chi connectivity index (χ0n) is 20.4. The van der Waals surface area contributed by atoms with Crippen molar-refractivity contribution >= 4 is 58.1 Å². The van der Waals surface area contributed by atoms with Gasteiger partial charge >= 0.3 is 5.97 Å². The normalized spacial score (nSPS) is 14.6. The van der Waals surface area contributed by atoms with Gasteiger partial charge in [0.05, 0.1) is 17.0 Å². The SMILES string of the molecule is COc1cc(C=C2SC(=O)N(CC(=O)OC(C)(C)C)C2=O)cc(Cl)c1OCC(=O)Nc1ccc(F)cc1. The maximum Gasteiger partial charge on any atom is 0.326 e. The van der Waals surface area contributed by atoms with Gasteiger partial charge in [-0.25, -0.2) is 4.39 Å². The minimum Gasteiger partial charge on any atom is -0.493 e. The predicted molar refractivity (Wildman–Crippen MR) is 137 cm³/mol. The van der Waals surface area contributed by atoms with Crippen molar-refractivity contribution < 1.29 is 37.8 Å². The minimum absolute atomic E-state index is 0.0824. The van der Waals surface area contributed by atoms with Crippen molar-refractivity contribution in [2.75, 3.05) is 25.6 Å². The van der Waals surface area contributed by atoms with Gasteiger partial charge in [0, 0.05) is 5.69 Å². The molecular weight excluding hydrogens is 527 g/mol. The molecule has 1 aliphatic rings. The number of amides is 3. The van der Waals surface area contributed by atoms with Gasteiger partial charge in [0.15, 0.2) is 18.1 Å². The van der Waals surface area contributed by atoms with Crippen molar-refractivity contribution in [1.82, 2.24) is 4.90 Å². The van der Waals surface area contributed by atoms with Crippen molar-refractivity contribution in [2.24, 2.45) is 0 Å². The van der Waals surface area contributed by atoms with E-state index in [9.17, 15) is 23.6 Å². The van der Waals surface area contributed by atoms with E-state index in [0.29, 0.717) is 23.0 Å². The molecule has 1 fully saturated rings. The van der Waals surface area contributed by atoms with Gasteiger partial charge in [-0.1, -0.05) is 11.6 Å². The molecule has 37 heavy (non-hydrogen) atoms. The van der Waals surface area contributed by atoms with Crippen LogP contribution in [0, 0.1) is 5.82 Å². The molecule has 2 aromatic rings. The zero-order chi connectivity index (χ0) is 27.3. The Labute approximate surface area is 221 Å². The summed E-state index contributed by atoms with van der Waals surface area (Å²) in [5.74, 6) is -2.01. The molecule has 1 heterocycles. The van der Waals surface area contributed by atoms with Crippen molar-refractivity contribution in [2.45, 2.75) is 26.4 Å². The van der Waals surface area contributed by atoms with E-state index >= 15 is 0 Å². The van der Waals surface area contributed by atoms with Crippen LogP contribution in [-0.4, -0.2) is 53.8 Å². The molecule has 0 aromatic heterocycles. The largest absolute Gasteiger partial charge is 0.493 e. The van der Waals surface area contributed by atoms with Gasteiger partial charge in [0.2, 0.25) is 0 Å². The van der Waals surface area contributed by atoms with Gasteiger partial charge in [-0.05, 0) is 80.6 Å². The monoisotopic (exact) mass is 550 g/mol. The molecule has 12 heteroatoms. The highest BCUT2D eigenvalue weighted by atomic mass is 35.5. The first-order valence-corrected chi connectivity index (χ1v) is 12.1. The second kappa shape index (κ2) is 11.7. The number of rotatable bonds is 8. The summed E-state index contributed by atoms with van der Waals surface area (Å²) in [4.78, 5) is 50.2. The zero-order valence-corrected chi connectivity index (χ0v) is 22.0. The number of thioether (sulfide) groups is 1. The first kappa shape index (κ1) is 28.0. The number of anilines is 1. The van der Waals surface area contributed by atoms with E-state index < -0.39 is 47.6 Å². The highest BCUT2D eigenvalue weighted by Gasteiger charge is 2.37. The quantitative estimate of drug-likeness (QED) is 0.365. The number of hydrogen-bond acceptors (Lipinski definition) is 8. The fourth-order valence-electron chi connectivity index (χ4n) is 3.12. The standard InChI is InChI=1S/C25H24ClFN2O7S/c1-25(2,3)36-21(31)12-29-23(32)19(37-24(29)33)11-14-9-17(26)22(18(10-14)34-4)35-13-20(30)28-16-7-5-15(27)6-8-16/h5-11H,12-13H2,1-4H3,(H,28,30). The van der Waals surface area contributed by atoms with Crippen LogP contribution in [0.2, 0.25) is 5.02 Å². The van der Waals surface area contributed by atoms with Crippen LogP contribution in [0.25, 0.3) is 6.08 Å². The van der Waals surface area contributed by atoms with Crippen LogP contribution in [-0.2, 0) is 19.1 Å². The van der Waals surface area contributed by atoms with Crippen LogP contribution in [0.15, 0.2) is 41.3 Å². The third-order valence-electron chi connectivity index (χ3n) is 4.61. The topological polar surface area (TPSA) is 111 Å². The van der Waals surface area contributed by atoms with Gasteiger partial charge in [-0.15, -0.1) is 0 Å². The van der Waals surface area contributed by atoms with Crippen LogP contribution >= 0.6 is 23.4 Å². The number of hydrogen-bond donors (Lipinski definition) is 1.